The van der Waals surface area contributed by atoms with Crippen LogP contribution in [0.1, 0.15) is 29.5 Å². The van der Waals surface area contributed by atoms with Gasteiger partial charge in [-0.1, -0.05) is 78.0 Å². The molecule has 0 fully saturated rings. The van der Waals surface area contributed by atoms with Gasteiger partial charge in [-0.2, -0.15) is 4.98 Å². The Hall–Kier alpha value is -4.33. The fraction of sp³-hybridized carbons (Fsp3) is 0.160. The van der Waals surface area contributed by atoms with Gasteiger partial charge in [0.1, 0.15) is 6.04 Å². The molecule has 0 saturated heterocycles. The number of carbonyl (C=O) groups is 1. The van der Waals surface area contributed by atoms with Crippen molar-refractivity contribution in [2.75, 3.05) is 0 Å². The lowest BCUT2D eigenvalue weighted by Gasteiger charge is -2.15. The van der Waals surface area contributed by atoms with Gasteiger partial charge in [0.2, 0.25) is 17.6 Å². The lowest BCUT2D eigenvalue weighted by Crippen LogP contribution is -2.30. The standard InChI is InChI=1S/C25H22N4O4/c30-23(15-14-18-8-3-1-4-9-18)26-22(16-19-10-5-2-6-11-19)25-27-24(28-33-25)20-12-7-13-21(17-20)29(31)32/h1-13,17,22H,14-16H2,(H,26,30). The number of nitro benzene ring substituents is 1. The first kappa shape index (κ1) is 21.9. The van der Waals surface area contributed by atoms with Crippen LogP contribution in [0.2, 0.25) is 0 Å². The van der Waals surface area contributed by atoms with Crippen LogP contribution >= 0.6 is 0 Å². The molecule has 1 atom stereocenters. The van der Waals surface area contributed by atoms with Crippen LogP contribution in [0.25, 0.3) is 11.4 Å². The van der Waals surface area contributed by atoms with E-state index in [1.54, 1.807) is 12.1 Å². The first-order chi connectivity index (χ1) is 16.1. The van der Waals surface area contributed by atoms with Crippen molar-refractivity contribution < 1.29 is 14.2 Å². The number of non-ortho nitro benzene ring substituents is 1. The molecule has 1 amide bonds. The van der Waals surface area contributed by atoms with Crippen LogP contribution in [0.4, 0.5) is 5.69 Å². The minimum Gasteiger partial charge on any atom is -0.344 e. The van der Waals surface area contributed by atoms with E-state index in [1.165, 1.54) is 12.1 Å². The average molecular weight is 442 g/mol. The van der Waals surface area contributed by atoms with Gasteiger partial charge in [-0.05, 0) is 17.5 Å². The molecule has 8 nitrogen and oxygen atoms in total. The van der Waals surface area contributed by atoms with Crippen molar-refractivity contribution in [2.24, 2.45) is 0 Å². The van der Waals surface area contributed by atoms with Crippen molar-refractivity contribution in [2.45, 2.75) is 25.3 Å². The topological polar surface area (TPSA) is 111 Å². The maximum Gasteiger partial charge on any atom is 0.270 e. The second-order valence-corrected chi connectivity index (χ2v) is 7.56. The highest BCUT2D eigenvalue weighted by Crippen LogP contribution is 2.24. The van der Waals surface area contributed by atoms with Crippen LogP contribution in [0.5, 0.6) is 0 Å². The number of aryl methyl sites for hydroxylation is 1. The first-order valence-corrected chi connectivity index (χ1v) is 10.5. The quantitative estimate of drug-likeness (QED) is 0.298. The van der Waals surface area contributed by atoms with Crippen molar-refractivity contribution in [3.8, 4) is 11.4 Å². The van der Waals surface area contributed by atoms with Crippen LogP contribution in [0, 0.1) is 10.1 Å². The molecule has 1 heterocycles. The molecule has 0 bridgehead atoms. The number of rotatable bonds is 9. The number of nitrogens with zero attached hydrogens (tertiary/aromatic N) is 3. The molecule has 33 heavy (non-hydrogen) atoms. The smallest absolute Gasteiger partial charge is 0.270 e. The van der Waals surface area contributed by atoms with Crippen molar-refractivity contribution >= 4 is 11.6 Å². The van der Waals surface area contributed by atoms with E-state index in [0.29, 0.717) is 24.8 Å². The summed E-state index contributed by atoms with van der Waals surface area (Å²) in [7, 11) is 0. The van der Waals surface area contributed by atoms with Crippen molar-refractivity contribution in [1.29, 1.82) is 0 Å². The number of benzene rings is 3. The SMILES string of the molecule is O=C(CCc1ccccc1)NC(Cc1ccccc1)c1nc(-c2cccc([N+](=O)[O-])c2)no1. The predicted molar refractivity (Wildman–Crippen MR) is 122 cm³/mol. The van der Waals surface area contributed by atoms with E-state index < -0.39 is 11.0 Å². The van der Waals surface area contributed by atoms with Gasteiger partial charge < -0.3 is 9.84 Å². The van der Waals surface area contributed by atoms with Crippen molar-refractivity contribution in [3.63, 3.8) is 0 Å². The van der Waals surface area contributed by atoms with Crippen LogP contribution in [-0.4, -0.2) is 21.0 Å². The predicted octanol–water partition coefficient (Wildman–Crippen LogP) is 4.68. The Labute approximate surface area is 190 Å². The molecular formula is C25H22N4O4. The van der Waals surface area contributed by atoms with Crippen LogP contribution < -0.4 is 5.32 Å². The third-order valence-corrected chi connectivity index (χ3v) is 5.16. The summed E-state index contributed by atoms with van der Waals surface area (Å²) in [6, 6.07) is 25.0. The van der Waals surface area contributed by atoms with Crippen LogP contribution in [0.3, 0.4) is 0 Å². The van der Waals surface area contributed by atoms with Crippen LogP contribution in [-0.2, 0) is 17.6 Å². The number of carbonyl (C=O) groups excluding carboxylic acids is 1. The second kappa shape index (κ2) is 10.3. The summed E-state index contributed by atoms with van der Waals surface area (Å²) in [5.74, 6) is 0.341. The number of aromatic nitrogens is 2. The molecule has 0 aliphatic heterocycles. The Balaban J connectivity index is 1.53. The van der Waals surface area contributed by atoms with Gasteiger partial charge in [-0.15, -0.1) is 0 Å². The second-order valence-electron chi connectivity index (χ2n) is 7.56. The van der Waals surface area contributed by atoms with E-state index in [0.717, 1.165) is 11.1 Å². The molecule has 3 aromatic carbocycles. The molecule has 0 aliphatic rings. The molecule has 166 valence electrons. The zero-order valence-corrected chi connectivity index (χ0v) is 17.8. The monoisotopic (exact) mass is 442 g/mol. The van der Waals surface area contributed by atoms with E-state index in [9.17, 15) is 14.9 Å². The van der Waals surface area contributed by atoms with Gasteiger partial charge in [0.05, 0.1) is 4.92 Å². The first-order valence-electron chi connectivity index (χ1n) is 10.5. The van der Waals surface area contributed by atoms with E-state index in [1.807, 2.05) is 60.7 Å². The maximum absolute atomic E-state index is 12.7. The molecular weight excluding hydrogens is 420 g/mol. The van der Waals surface area contributed by atoms with Gasteiger partial charge >= 0.3 is 0 Å². The Morgan fingerprint density at radius 2 is 1.67 bits per heavy atom. The lowest BCUT2D eigenvalue weighted by atomic mass is 10.0. The fourth-order valence-corrected chi connectivity index (χ4v) is 3.47. The third kappa shape index (κ3) is 5.88. The minimum atomic E-state index is -0.532. The molecule has 1 unspecified atom stereocenters. The Morgan fingerprint density at radius 3 is 2.36 bits per heavy atom. The molecule has 1 N–H and O–H groups in total. The molecule has 0 radical (unpaired) electrons. The Kier molecular flexibility index (Phi) is 6.84. The highest BCUT2D eigenvalue weighted by Gasteiger charge is 2.23. The van der Waals surface area contributed by atoms with Crippen molar-refractivity contribution in [1.82, 2.24) is 15.5 Å². The molecule has 8 heteroatoms. The third-order valence-electron chi connectivity index (χ3n) is 5.16. The number of hydrogen-bond acceptors (Lipinski definition) is 6. The zero-order chi connectivity index (χ0) is 23.0. The summed E-state index contributed by atoms with van der Waals surface area (Å²) >= 11 is 0. The van der Waals surface area contributed by atoms with Gasteiger partial charge in [0.15, 0.2) is 0 Å². The summed E-state index contributed by atoms with van der Waals surface area (Å²) in [6.07, 6.45) is 1.41. The molecule has 1 aromatic heterocycles. The molecule has 0 saturated carbocycles. The number of hydrogen-bond donors (Lipinski definition) is 1. The summed E-state index contributed by atoms with van der Waals surface area (Å²) in [4.78, 5) is 27.7. The summed E-state index contributed by atoms with van der Waals surface area (Å²) in [5, 5.41) is 18.1. The largest absolute Gasteiger partial charge is 0.344 e. The molecule has 0 spiro atoms. The molecule has 4 rings (SSSR count). The Bertz CT molecular complexity index is 1230. The molecule has 4 aromatic rings. The van der Waals surface area contributed by atoms with E-state index in [2.05, 4.69) is 15.5 Å². The minimum absolute atomic E-state index is 0.0612. The number of nitrogens with one attached hydrogen (secondary N) is 1. The summed E-state index contributed by atoms with van der Waals surface area (Å²) in [6.45, 7) is 0. The van der Waals surface area contributed by atoms with Gasteiger partial charge in [0.25, 0.3) is 5.69 Å². The lowest BCUT2D eigenvalue weighted by molar-refractivity contribution is -0.384. The number of nitro groups is 1. The maximum atomic E-state index is 12.7. The van der Waals surface area contributed by atoms with Gasteiger partial charge in [-0.25, -0.2) is 0 Å². The van der Waals surface area contributed by atoms with Gasteiger partial charge in [-0.3, -0.25) is 14.9 Å². The zero-order valence-electron chi connectivity index (χ0n) is 17.8. The van der Waals surface area contributed by atoms with E-state index in [-0.39, 0.29) is 23.3 Å². The highest BCUT2D eigenvalue weighted by atomic mass is 16.6. The number of amides is 1. The Morgan fingerprint density at radius 1 is 0.970 bits per heavy atom. The van der Waals surface area contributed by atoms with Gasteiger partial charge in [0, 0.05) is 30.5 Å². The van der Waals surface area contributed by atoms with Crippen molar-refractivity contribution in [3.05, 3.63) is 112 Å². The fourth-order valence-electron chi connectivity index (χ4n) is 3.47. The normalized spacial score (nSPS) is 11.6. The molecule has 0 aliphatic carbocycles. The highest BCUT2D eigenvalue weighted by molar-refractivity contribution is 5.76. The summed E-state index contributed by atoms with van der Waals surface area (Å²) in [5.41, 5.74) is 2.49. The average Bonchev–Trinajstić information content (AvgIpc) is 3.34. The van der Waals surface area contributed by atoms with E-state index in [4.69, 9.17) is 4.52 Å². The van der Waals surface area contributed by atoms with E-state index >= 15 is 0 Å². The summed E-state index contributed by atoms with van der Waals surface area (Å²) < 4.78 is 5.47. The van der Waals surface area contributed by atoms with Crippen LogP contribution in [0.15, 0.2) is 89.5 Å².